The maximum Gasteiger partial charge on any atom is 0.234 e. The Labute approximate surface area is 130 Å². The van der Waals surface area contributed by atoms with E-state index < -0.39 is 0 Å². The van der Waals surface area contributed by atoms with Crippen LogP contribution in [-0.4, -0.2) is 40.8 Å². The second kappa shape index (κ2) is 7.17. The number of anilines is 1. The van der Waals surface area contributed by atoms with Crippen LogP contribution >= 0.6 is 0 Å². The van der Waals surface area contributed by atoms with E-state index in [4.69, 9.17) is 9.47 Å². The van der Waals surface area contributed by atoms with Crippen molar-refractivity contribution in [2.24, 2.45) is 0 Å². The molecule has 0 spiro atoms. The molecule has 6 heteroatoms. The van der Waals surface area contributed by atoms with Crippen LogP contribution in [0.4, 0.5) is 5.82 Å². The summed E-state index contributed by atoms with van der Waals surface area (Å²) >= 11 is 0. The Balaban J connectivity index is 1.54. The van der Waals surface area contributed by atoms with Crippen LogP contribution in [0.1, 0.15) is 18.9 Å². The third-order valence-electron chi connectivity index (χ3n) is 3.60. The summed E-state index contributed by atoms with van der Waals surface area (Å²) in [6.45, 7) is 4.90. The first-order chi connectivity index (χ1) is 10.8. The molecule has 3 heterocycles. The molecule has 1 saturated heterocycles. The van der Waals surface area contributed by atoms with E-state index in [0.29, 0.717) is 19.1 Å². The molecule has 116 valence electrons. The van der Waals surface area contributed by atoms with E-state index in [1.165, 1.54) is 0 Å². The molecule has 3 rings (SSSR count). The molecule has 2 aromatic heterocycles. The molecule has 1 atom stereocenters. The molecule has 0 unspecified atom stereocenters. The fourth-order valence-electron chi connectivity index (χ4n) is 2.47. The Bertz CT molecular complexity index is 594. The third-order valence-corrected chi connectivity index (χ3v) is 3.60. The molecular formula is C16H20N4O2. The van der Waals surface area contributed by atoms with Gasteiger partial charge in [0.05, 0.1) is 31.7 Å². The standard InChI is InChI=1S/C16H20N4O2/c1-2-21-16-10-18-9-15(19-16)20-8-5-14(11-20)22-12-13-3-6-17-7-4-13/h3-4,6-7,9-10,14H,2,5,8,11-12H2,1H3/t14-/m1/s1. The molecule has 0 amide bonds. The van der Waals surface area contributed by atoms with Gasteiger partial charge >= 0.3 is 0 Å². The van der Waals surface area contributed by atoms with Crippen molar-refractivity contribution in [1.29, 1.82) is 0 Å². The minimum absolute atomic E-state index is 0.214. The van der Waals surface area contributed by atoms with Gasteiger partial charge in [-0.15, -0.1) is 0 Å². The molecule has 0 bridgehead atoms. The minimum Gasteiger partial charge on any atom is -0.477 e. The lowest BCUT2D eigenvalue weighted by Crippen LogP contribution is -2.24. The summed E-state index contributed by atoms with van der Waals surface area (Å²) in [6, 6.07) is 3.95. The molecule has 0 radical (unpaired) electrons. The highest BCUT2D eigenvalue weighted by atomic mass is 16.5. The second-order valence-electron chi connectivity index (χ2n) is 5.17. The van der Waals surface area contributed by atoms with Crippen LogP contribution in [0.15, 0.2) is 36.9 Å². The summed E-state index contributed by atoms with van der Waals surface area (Å²) in [6.07, 6.45) is 8.19. The molecule has 0 aromatic carbocycles. The van der Waals surface area contributed by atoms with Crippen LogP contribution in [0.2, 0.25) is 0 Å². The van der Waals surface area contributed by atoms with Gasteiger partial charge in [-0.05, 0) is 31.0 Å². The molecule has 1 fully saturated rings. The number of ether oxygens (including phenoxy) is 2. The van der Waals surface area contributed by atoms with Gasteiger partial charge in [-0.25, -0.2) is 0 Å². The number of pyridine rings is 1. The largest absolute Gasteiger partial charge is 0.477 e. The van der Waals surface area contributed by atoms with E-state index >= 15 is 0 Å². The van der Waals surface area contributed by atoms with E-state index in [9.17, 15) is 0 Å². The molecule has 0 N–H and O–H groups in total. The number of hydrogen-bond acceptors (Lipinski definition) is 6. The van der Waals surface area contributed by atoms with Crippen LogP contribution in [0.5, 0.6) is 5.88 Å². The molecule has 0 saturated carbocycles. The second-order valence-corrected chi connectivity index (χ2v) is 5.17. The van der Waals surface area contributed by atoms with Crippen molar-refractivity contribution in [3.63, 3.8) is 0 Å². The number of nitrogens with zero attached hydrogens (tertiary/aromatic N) is 4. The number of hydrogen-bond donors (Lipinski definition) is 0. The fourth-order valence-corrected chi connectivity index (χ4v) is 2.47. The maximum absolute atomic E-state index is 5.97. The lowest BCUT2D eigenvalue weighted by atomic mass is 10.3. The molecule has 6 nitrogen and oxygen atoms in total. The van der Waals surface area contributed by atoms with Gasteiger partial charge in [-0.1, -0.05) is 0 Å². The lowest BCUT2D eigenvalue weighted by Gasteiger charge is -2.17. The van der Waals surface area contributed by atoms with E-state index in [0.717, 1.165) is 30.9 Å². The average molecular weight is 300 g/mol. The van der Waals surface area contributed by atoms with Crippen molar-refractivity contribution in [3.05, 3.63) is 42.5 Å². The normalized spacial score (nSPS) is 17.7. The average Bonchev–Trinajstić information content (AvgIpc) is 3.04. The summed E-state index contributed by atoms with van der Waals surface area (Å²) in [4.78, 5) is 14.9. The molecule has 1 aliphatic heterocycles. The van der Waals surface area contributed by atoms with Crippen molar-refractivity contribution in [2.45, 2.75) is 26.1 Å². The van der Waals surface area contributed by atoms with Gasteiger partial charge in [-0.3, -0.25) is 9.97 Å². The number of rotatable bonds is 6. The van der Waals surface area contributed by atoms with Crippen molar-refractivity contribution in [1.82, 2.24) is 15.0 Å². The third kappa shape index (κ3) is 3.71. The summed E-state index contributed by atoms with van der Waals surface area (Å²) in [5.41, 5.74) is 1.14. The summed E-state index contributed by atoms with van der Waals surface area (Å²) < 4.78 is 11.4. The van der Waals surface area contributed by atoms with Crippen molar-refractivity contribution in [2.75, 3.05) is 24.6 Å². The zero-order valence-corrected chi connectivity index (χ0v) is 12.7. The highest BCUT2D eigenvalue weighted by Crippen LogP contribution is 2.21. The monoisotopic (exact) mass is 300 g/mol. The topological polar surface area (TPSA) is 60.4 Å². The summed E-state index contributed by atoms with van der Waals surface area (Å²) in [5.74, 6) is 1.42. The van der Waals surface area contributed by atoms with Gasteiger partial charge in [0.15, 0.2) is 5.82 Å². The zero-order valence-electron chi connectivity index (χ0n) is 12.7. The van der Waals surface area contributed by atoms with Crippen LogP contribution in [0.3, 0.4) is 0 Å². The molecule has 0 aliphatic carbocycles. The Hall–Kier alpha value is -2.21. The molecular weight excluding hydrogens is 280 g/mol. The van der Waals surface area contributed by atoms with Crippen molar-refractivity contribution >= 4 is 5.82 Å². The Kier molecular flexibility index (Phi) is 4.80. The first-order valence-corrected chi connectivity index (χ1v) is 7.55. The van der Waals surface area contributed by atoms with Gasteiger partial charge in [0.1, 0.15) is 0 Å². The van der Waals surface area contributed by atoms with Crippen LogP contribution < -0.4 is 9.64 Å². The lowest BCUT2D eigenvalue weighted by molar-refractivity contribution is 0.0553. The fraction of sp³-hybridized carbons (Fsp3) is 0.438. The highest BCUT2D eigenvalue weighted by molar-refractivity contribution is 5.39. The smallest absolute Gasteiger partial charge is 0.234 e. The molecule has 1 aliphatic rings. The number of aromatic nitrogens is 3. The summed E-state index contributed by atoms with van der Waals surface area (Å²) in [7, 11) is 0. The van der Waals surface area contributed by atoms with Gasteiger partial charge in [0.25, 0.3) is 0 Å². The van der Waals surface area contributed by atoms with Gasteiger partial charge < -0.3 is 14.4 Å². The Morgan fingerprint density at radius 3 is 2.91 bits per heavy atom. The van der Waals surface area contributed by atoms with Gasteiger partial charge in [0.2, 0.25) is 5.88 Å². The quantitative estimate of drug-likeness (QED) is 0.814. The summed E-state index contributed by atoms with van der Waals surface area (Å²) in [5, 5.41) is 0. The van der Waals surface area contributed by atoms with Crippen molar-refractivity contribution < 1.29 is 9.47 Å². The molecule has 2 aromatic rings. The van der Waals surface area contributed by atoms with E-state index in [1.807, 2.05) is 19.1 Å². The van der Waals surface area contributed by atoms with Crippen LogP contribution in [0, 0.1) is 0 Å². The molecule has 22 heavy (non-hydrogen) atoms. The maximum atomic E-state index is 5.97. The van der Waals surface area contributed by atoms with Crippen LogP contribution in [-0.2, 0) is 11.3 Å². The zero-order chi connectivity index (χ0) is 15.2. The SMILES string of the molecule is CCOc1cncc(N2CC[C@@H](OCc3ccncc3)C2)n1. The predicted molar refractivity (Wildman–Crippen MR) is 82.8 cm³/mol. The van der Waals surface area contributed by atoms with E-state index in [-0.39, 0.29) is 6.10 Å². The van der Waals surface area contributed by atoms with Gasteiger partial charge in [0, 0.05) is 25.5 Å². The first-order valence-electron chi connectivity index (χ1n) is 7.55. The Morgan fingerprint density at radius 2 is 2.09 bits per heavy atom. The van der Waals surface area contributed by atoms with Crippen molar-refractivity contribution in [3.8, 4) is 5.88 Å². The van der Waals surface area contributed by atoms with E-state index in [2.05, 4.69) is 19.9 Å². The predicted octanol–water partition coefficient (Wildman–Crippen LogP) is 2.07. The van der Waals surface area contributed by atoms with Gasteiger partial charge in [-0.2, -0.15) is 4.98 Å². The minimum atomic E-state index is 0.214. The highest BCUT2D eigenvalue weighted by Gasteiger charge is 2.24. The van der Waals surface area contributed by atoms with Crippen LogP contribution in [0.25, 0.3) is 0 Å². The van der Waals surface area contributed by atoms with E-state index in [1.54, 1.807) is 24.8 Å². The Morgan fingerprint density at radius 1 is 1.23 bits per heavy atom. The first kappa shape index (κ1) is 14.7.